The maximum Gasteiger partial charge on any atom is 0.234 e. The van der Waals surface area contributed by atoms with Crippen LogP contribution in [0.2, 0.25) is 0 Å². The predicted molar refractivity (Wildman–Crippen MR) is 118 cm³/mol. The summed E-state index contributed by atoms with van der Waals surface area (Å²) in [6, 6.07) is 20.8. The Labute approximate surface area is 171 Å². The summed E-state index contributed by atoms with van der Waals surface area (Å²) in [4.78, 5) is 15.6. The lowest BCUT2D eigenvalue weighted by molar-refractivity contribution is -0.120. The van der Waals surface area contributed by atoms with Gasteiger partial charge in [0.05, 0.1) is 12.6 Å². The summed E-state index contributed by atoms with van der Waals surface area (Å²) in [7, 11) is 4.03. The van der Waals surface area contributed by atoms with E-state index in [0.717, 1.165) is 11.3 Å². The van der Waals surface area contributed by atoms with Gasteiger partial charge in [-0.1, -0.05) is 48.0 Å². The number of carbonyl (C=O) groups excluding carboxylic acids is 1. The first-order chi connectivity index (χ1) is 13.5. The summed E-state index contributed by atoms with van der Waals surface area (Å²) in [6.07, 6.45) is 0. The molecular weight excluding hydrogens is 366 g/mol. The number of hydrogen-bond acceptors (Lipinski definition) is 4. The Balaban J connectivity index is 1.57. The topological polar surface area (TPSA) is 44.4 Å². The van der Waals surface area contributed by atoms with Gasteiger partial charge in [-0.2, -0.15) is 0 Å². The largest absolute Gasteiger partial charge is 0.378 e. The molecule has 0 aliphatic rings. The van der Waals surface area contributed by atoms with Crippen LogP contribution < -0.4 is 15.5 Å². The number of hydrogen-bond donors (Lipinski definition) is 2. The zero-order valence-electron chi connectivity index (χ0n) is 16.6. The number of nitrogens with one attached hydrogen (secondary N) is 2. The van der Waals surface area contributed by atoms with E-state index >= 15 is 0 Å². The molecule has 1 heterocycles. The van der Waals surface area contributed by atoms with Crippen LogP contribution in [0.1, 0.15) is 27.6 Å². The molecule has 0 fully saturated rings. The molecule has 1 aromatic heterocycles. The summed E-state index contributed by atoms with van der Waals surface area (Å²) in [5.41, 5.74) is 4.63. The Morgan fingerprint density at radius 2 is 1.75 bits per heavy atom. The second-order valence-corrected chi connectivity index (χ2v) is 8.06. The van der Waals surface area contributed by atoms with Crippen LogP contribution in [0.15, 0.2) is 66.0 Å². The molecular formula is C23H27N3OS. The second kappa shape index (κ2) is 9.53. The van der Waals surface area contributed by atoms with E-state index < -0.39 is 0 Å². The highest BCUT2D eigenvalue weighted by atomic mass is 32.1. The van der Waals surface area contributed by atoms with Crippen molar-refractivity contribution in [3.05, 3.63) is 87.6 Å². The van der Waals surface area contributed by atoms with Crippen LogP contribution >= 0.6 is 11.3 Å². The molecule has 3 rings (SSSR count). The normalized spacial score (nSPS) is 11.8. The first-order valence-electron chi connectivity index (χ1n) is 9.39. The molecule has 0 saturated heterocycles. The quantitative estimate of drug-likeness (QED) is 0.605. The van der Waals surface area contributed by atoms with E-state index in [0.29, 0.717) is 6.54 Å². The van der Waals surface area contributed by atoms with E-state index in [-0.39, 0.29) is 18.5 Å². The Bertz CT molecular complexity index is 871. The molecule has 0 spiro atoms. The zero-order chi connectivity index (χ0) is 19.9. The standard InChI is InChI=1S/C23H27N3OS/c1-17-6-10-19(11-7-17)23(21-5-4-14-28-21)25-16-22(27)24-15-18-8-12-20(13-9-18)26(2)3/h4-14,23,25H,15-16H2,1-3H3,(H,24,27)/t23-/m1/s1. The van der Waals surface area contributed by atoms with Gasteiger partial charge in [0.2, 0.25) is 5.91 Å². The van der Waals surface area contributed by atoms with Crippen LogP contribution in [-0.2, 0) is 11.3 Å². The molecule has 28 heavy (non-hydrogen) atoms. The Hall–Kier alpha value is -2.63. The average Bonchev–Trinajstić information content (AvgIpc) is 3.22. The maximum atomic E-state index is 12.4. The predicted octanol–water partition coefficient (Wildman–Crippen LogP) is 4.12. The maximum absolute atomic E-state index is 12.4. The van der Waals surface area contributed by atoms with Crippen molar-refractivity contribution >= 4 is 22.9 Å². The fourth-order valence-corrected chi connectivity index (χ4v) is 3.79. The summed E-state index contributed by atoms with van der Waals surface area (Å²) in [5, 5.41) is 8.47. The Morgan fingerprint density at radius 1 is 1.04 bits per heavy atom. The first-order valence-corrected chi connectivity index (χ1v) is 10.3. The highest BCUT2D eigenvalue weighted by Gasteiger charge is 2.16. The SMILES string of the molecule is Cc1ccc([C@@H](NCC(=O)NCc2ccc(N(C)C)cc2)c2cccs2)cc1. The average molecular weight is 394 g/mol. The molecule has 0 aliphatic carbocycles. The van der Waals surface area contributed by atoms with E-state index in [1.807, 2.05) is 32.3 Å². The van der Waals surface area contributed by atoms with Crippen LogP contribution in [0, 0.1) is 6.92 Å². The molecule has 0 saturated carbocycles. The van der Waals surface area contributed by atoms with Gasteiger partial charge < -0.3 is 10.2 Å². The zero-order valence-corrected chi connectivity index (χ0v) is 17.4. The highest BCUT2D eigenvalue weighted by Crippen LogP contribution is 2.26. The van der Waals surface area contributed by atoms with Crippen molar-refractivity contribution < 1.29 is 4.79 Å². The summed E-state index contributed by atoms with van der Waals surface area (Å²) in [5.74, 6) is -0.00893. The number of amides is 1. The van der Waals surface area contributed by atoms with Crippen molar-refractivity contribution in [3.63, 3.8) is 0 Å². The number of anilines is 1. The van der Waals surface area contributed by atoms with E-state index in [2.05, 4.69) is 70.3 Å². The number of benzene rings is 2. The van der Waals surface area contributed by atoms with Gasteiger partial charge in [-0.05, 0) is 41.6 Å². The van der Waals surface area contributed by atoms with Crippen molar-refractivity contribution in [2.75, 3.05) is 25.5 Å². The number of rotatable bonds is 8. The van der Waals surface area contributed by atoms with Gasteiger partial charge in [-0.3, -0.25) is 10.1 Å². The van der Waals surface area contributed by atoms with Crippen molar-refractivity contribution in [2.24, 2.45) is 0 Å². The number of aryl methyl sites for hydroxylation is 1. The monoisotopic (exact) mass is 393 g/mol. The van der Waals surface area contributed by atoms with Gasteiger partial charge in [-0.15, -0.1) is 11.3 Å². The Morgan fingerprint density at radius 3 is 2.36 bits per heavy atom. The van der Waals surface area contributed by atoms with Crippen molar-refractivity contribution in [2.45, 2.75) is 19.5 Å². The number of thiophene rings is 1. The van der Waals surface area contributed by atoms with E-state index in [1.54, 1.807) is 11.3 Å². The molecule has 2 N–H and O–H groups in total. The fraction of sp³-hybridized carbons (Fsp3) is 0.261. The molecule has 3 aromatic rings. The number of nitrogens with zero attached hydrogens (tertiary/aromatic N) is 1. The van der Waals surface area contributed by atoms with Gasteiger partial charge in [0.1, 0.15) is 0 Å². The second-order valence-electron chi connectivity index (χ2n) is 7.08. The third-order valence-corrected chi connectivity index (χ3v) is 5.58. The van der Waals surface area contributed by atoms with Crippen LogP contribution in [0.3, 0.4) is 0 Å². The minimum absolute atomic E-state index is 0.00893. The van der Waals surface area contributed by atoms with E-state index in [9.17, 15) is 4.79 Å². The van der Waals surface area contributed by atoms with Gasteiger partial charge >= 0.3 is 0 Å². The van der Waals surface area contributed by atoms with Crippen LogP contribution in [0.5, 0.6) is 0 Å². The minimum Gasteiger partial charge on any atom is -0.378 e. The van der Waals surface area contributed by atoms with Gasteiger partial charge in [0.15, 0.2) is 0 Å². The van der Waals surface area contributed by atoms with Crippen molar-refractivity contribution in [3.8, 4) is 0 Å². The molecule has 0 radical (unpaired) electrons. The van der Waals surface area contributed by atoms with Gasteiger partial charge in [0, 0.05) is 31.2 Å². The van der Waals surface area contributed by atoms with Gasteiger partial charge in [0.25, 0.3) is 0 Å². The van der Waals surface area contributed by atoms with Crippen LogP contribution in [0.4, 0.5) is 5.69 Å². The van der Waals surface area contributed by atoms with Crippen molar-refractivity contribution in [1.29, 1.82) is 0 Å². The molecule has 0 bridgehead atoms. The molecule has 0 aliphatic heterocycles. The third-order valence-electron chi connectivity index (χ3n) is 4.65. The molecule has 5 heteroatoms. The summed E-state index contributed by atoms with van der Waals surface area (Å²) >= 11 is 1.70. The summed E-state index contributed by atoms with van der Waals surface area (Å²) < 4.78 is 0. The minimum atomic E-state index is -0.00893. The van der Waals surface area contributed by atoms with Crippen LogP contribution in [0.25, 0.3) is 0 Å². The molecule has 1 atom stereocenters. The first kappa shape index (κ1) is 20.1. The summed E-state index contributed by atoms with van der Waals surface area (Å²) in [6.45, 7) is 2.88. The molecule has 0 unspecified atom stereocenters. The molecule has 4 nitrogen and oxygen atoms in total. The van der Waals surface area contributed by atoms with E-state index in [4.69, 9.17) is 0 Å². The Kier molecular flexibility index (Phi) is 6.85. The lowest BCUT2D eigenvalue weighted by Gasteiger charge is -2.18. The molecule has 2 aromatic carbocycles. The fourth-order valence-electron chi connectivity index (χ4n) is 2.97. The van der Waals surface area contributed by atoms with E-state index in [1.165, 1.54) is 16.0 Å². The van der Waals surface area contributed by atoms with Gasteiger partial charge in [-0.25, -0.2) is 0 Å². The smallest absolute Gasteiger partial charge is 0.234 e. The third kappa shape index (κ3) is 5.44. The number of carbonyl (C=O) groups is 1. The lowest BCUT2D eigenvalue weighted by Crippen LogP contribution is -2.35. The molecule has 146 valence electrons. The molecule has 1 amide bonds. The van der Waals surface area contributed by atoms with Crippen molar-refractivity contribution in [1.82, 2.24) is 10.6 Å². The highest BCUT2D eigenvalue weighted by molar-refractivity contribution is 7.10. The van der Waals surface area contributed by atoms with Crippen LogP contribution in [-0.4, -0.2) is 26.5 Å². The lowest BCUT2D eigenvalue weighted by atomic mass is 10.0.